The number of aromatic nitrogens is 2. The van der Waals surface area contributed by atoms with Crippen molar-refractivity contribution in [2.45, 2.75) is 6.92 Å². The highest BCUT2D eigenvalue weighted by molar-refractivity contribution is 5.67. The third-order valence-corrected chi connectivity index (χ3v) is 3.35. The number of benzene rings is 2. The molecule has 0 bridgehead atoms. The normalized spacial score (nSPS) is 10.3. The molecule has 0 aliphatic heterocycles. The van der Waals surface area contributed by atoms with Crippen LogP contribution in [0.5, 0.6) is 0 Å². The highest BCUT2D eigenvalue weighted by Crippen LogP contribution is 2.24. The summed E-state index contributed by atoms with van der Waals surface area (Å²) in [5, 5.41) is 3.22. The van der Waals surface area contributed by atoms with Crippen LogP contribution in [0.4, 0.5) is 17.3 Å². The second kappa shape index (κ2) is 5.63. The smallest absolute Gasteiger partial charge is 0.227 e. The van der Waals surface area contributed by atoms with Crippen molar-refractivity contribution in [2.75, 3.05) is 11.1 Å². The Morgan fingerprint density at radius 2 is 1.76 bits per heavy atom. The molecule has 4 nitrogen and oxygen atoms in total. The van der Waals surface area contributed by atoms with E-state index in [0.717, 1.165) is 28.2 Å². The van der Waals surface area contributed by atoms with Crippen molar-refractivity contribution in [1.82, 2.24) is 9.97 Å². The average molecular weight is 276 g/mol. The van der Waals surface area contributed by atoms with Gasteiger partial charge in [-0.3, -0.25) is 0 Å². The molecule has 0 aliphatic rings. The Morgan fingerprint density at radius 3 is 2.57 bits per heavy atom. The maximum absolute atomic E-state index is 5.91. The summed E-state index contributed by atoms with van der Waals surface area (Å²) >= 11 is 0. The summed E-state index contributed by atoms with van der Waals surface area (Å²) in [6, 6.07) is 17.7. The molecule has 0 atom stereocenters. The number of hydrogen-bond acceptors (Lipinski definition) is 4. The van der Waals surface area contributed by atoms with E-state index in [2.05, 4.69) is 15.3 Å². The second-order valence-corrected chi connectivity index (χ2v) is 4.78. The predicted octanol–water partition coefficient (Wildman–Crippen LogP) is 3.78. The van der Waals surface area contributed by atoms with Crippen LogP contribution < -0.4 is 11.1 Å². The number of anilines is 3. The molecule has 104 valence electrons. The van der Waals surface area contributed by atoms with Crippen LogP contribution in [-0.4, -0.2) is 9.97 Å². The Balaban J connectivity index is 1.92. The van der Waals surface area contributed by atoms with Crippen LogP contribution in [0.1, 0.15) is 5.56 Å². The van der Waals surface area contributed by atoms with Crippen LogP contribution in [-0.2, 0) is 0 Å². The summed E-state index contributed by atoms with van der Waals surface area (Å²) in [5.41, 5.74) is 10.5. The van der Waals surface area contributed by atoms with Gasteiger partial charge >= 0.3 is 0 Å². The van der Waals surface area contributed by atoms with E-state index in [-0.39, 0.29) is 0 Å². The van der Waals surface area contributed by atoms with Crippen LogP contribution >= 0.6 is 0 Å². The van der Waals surface area contributed by atoms with Gasteiger partial charge in [0.25, 0.3) is 0 Å². The first-order valence-electron chi connectivity index (χ1n) is 6.74. The molecule has 0 fully saturated rings. The van der Waals surface area contributed by atoms with Gasteiger partial charge in [0.15, 0.2) is 0 Å². The van der Waals surface area contributed by atoms with Crippen molar-refractivity contribution >= 4 is 17.3 Å². The van der Waals surface area contributed by atoms with Crippen molar-refractivity contribution < 1.29 is 0 Å². The zero-order valence-corrected chi connectivity index (χ0v) is 11.7. The van der Waals surface area contributed by atoms with Gasteiger partial charge in [-0.2, -0.15) is 0 Å². The number of nitrogens with zero attached hydrogens (tertiary/aromatic N) is 2. The van der Waals surface area contributed by atoms with Gasteiger partial charge < -0.3 is 11.1 Å². The van der Waals surface area contributed by atoms with Crippen molar-refractivity contribution in [2.24, 2.45) is 0 Å². The molecule has 3 aromatic rings. The van der Waals surface area contributed by atoms with E-state index >= 15 is 0 Å². The summed E-state index contributed by atoms with van der Waals surface area (Å²) in [7, 11) is 0. The van der Waals surface area contributed by atoms with Gasteiger partial charge in [-0.15, -0.1) is 0 Å². The Labute approximate surface area is 123 Å². The largest absolute Gasteiger partial charge is 0.398 e. The first kappa shape index (κ1) is 13.1. The van der Waals surface area contributed by atoms with Crippen LogP contribution in [0, 0.1) is 6.92 Å². The van der Waals surface area contributed by atoms with Gasteiger partial charge in [-0.1, -0.05) is 36.4 Å². The topological polar surface area (TPSA) is 63.8 Å². The molecule has 0 unspecified atom stereocenters. The maximum atomic E-state index is 5.91. The van der Waals surface area contributed by atoms with Gasteiger partial charge in [-0.25, -0.2) is 9.97 Å². The van der Waals surface area contributed by atoms with E-state index in [4.69, 9.17) is 5.73 Å². The van der Waals surface area contributed by atoms with Crippen LogP contribution in [0.3, 0.4) is 0 Å². The summed E-state index contributed by atoms with van der Waals surface area (Å²) in [6.45, 7) is 1.97. The molecule has 1 heterocycles. The van der Waals surface area contributed by atoms with Gasteiger partial charge in [-0.05, 0) is 30.7 Å². The van der Waals surface area contributed by atoms with Gasteiger partial charge in [0, 0.05) is 23.1 Å². The molecule has 21 heavy (non-hydrogen) atoms. The monoisotopic (exact) mass is 276 g/mol. The lowest BCUT2D eigenvalue weighted by atomic mass is 10.1. The lowest BCUT2D eigenvalue weighted by Crippen LogP contribution is -2.01. The molecule has 0 aliphatic carbocycles. The van der Waals surface area contributed by atoms with E-state index in [9.17, 15) is 0 Å². The highest BCUT2D eigenvalue weighted by Gasteiger charge is 2.05. The van der Waals surface area contributed by atoms with Crippen LogP contribution in [0.2, 0.25) is 0 Å². The summed E-state index contributed by atoms with van der Waals surface area (Å²) < 4.78 is 0. The molecule has 2 aromatic carbocycles. The Bertz CT molecular complexity index is 754. The molecule has 4 heteroatoms. The first-order valence-corrected chi connectivity index (χ1v) is 6.74. The minimum absolute atomic E-state index is 0.560. The fraction of sp³-hybridized carbons (Fsp3) is 0.0588. The number of nitrogens with one attached hydrogen (secondary N) is 1. The van der Waals surface area contributed by atoms with Gasteiger partial charge in [0.1, 0.15) is 0 Å². The van der Waals surface area contributed by atoms with E-state index in [1.807, 2.05) is 61.5 Å². The highest BCUT2D eigenvalue weighted by atomic mass is 15.1. The standard InChI is InChI=1S/C17H16N4/c1-12-14(18)8-5-9-15(12)20-17-19-11-10-16(21-17)13-6-3-2-4-7-13/h2-11H,18H2,1H3,(H,19,20,21). The molecule has 0 saturated carbocycles. The minimum Gasteiger partial charge on any atom is -0.398 e. The first-order chi connectivity index (χ1) is 10.2. The quantitative estimate of drug-likeness (QED) is 0.715. The summed E-state index contributed by atoms with van der Waals surface area (Å²) in [6.07, 6.45) is 1.75. The van der Waals surface area contributed by atoms with E-state index in [0.29, 0.717) is 5.95 Å². The summed E-state index contributed by atoms with van der Waals surface area (Å²) in [4.78, 5) is 8.81. The number of nitrogen functional groups attached to an aromatic ring is 1. The van der Waals surface area contributed by atoms with Gasteiger partial charge in [0.2, 0.25) is 5.95 Å². The molecule has 1 aromatic heterocycles. The zero-order chi connectivity index (χ0) is 14.7. The second-order valence-electron chi connectivity index (χ2n) is 4.78. The van der Waals surface area contributed by atoms with Crippen molar-refractivity contribution in [1.29, 1.82) is 0 Å². The minimum atomic E-state index is 0.560. The Kier molecular flexibility index (Phi) is 3.51. The number of hydrogen-bond donors (Lipinski definition) is 2. The lowest BCUT2D eigenvalue weighted by Gasteiger charge is -2.10. The SMILES string of the molecule is Cc1c(N)cccc1Nc1nccc(-c2ccccc2)n1. The molecule has 3 rings (SSSR count). The lowest BCUT2D eigenvalue weighted by molar-refractivity contribution is 1.17. The van der Waals surface area contributed by atoms with Crippen LogP contribution in [0.25, 0.3) is 11.3 Å². The molecular weight excluding hydrogens is 260 g/mol. The fourth-order valence-corrected chi connectivity index (χ4v) is 2.10. The van der Waals surface area contributed by atoms with E-state index in [1.54, 1.807) is 6.20 Å². The van der Waals surface area contributed by atoms with Gasteiger partial charge in [0.05, 0.1) is 5.69 Å². The van der Waals surface area contributed by atoms with E-state index in [1.165, 1.54) is 0 Å². The third kappa shape index (κ3) is 2.84. The molecular formula is C17H16N4. The fourth-order valence-electron chi connectivity index (χ4n) is 2.10. The van der Waals surface area contributed by atoms with Crippen molar-refractivity contribution in [3.8, 4) is 11.3 Å². The number of rotatable bonds is 3. The predicted molar refractivity (Wildman–Crippen MR) is 86.3 cm³/mol. The maximum Gasteiger partial charge on any atom is 0.227 e. The molecule has 0 spiro atoms. The molecule has 0 radical (unpaired) electrons. The Morgan fingerprint density at radius 1 is 0.952 bits per heavy atom. The molecule has 3 N–H and O–H groups in total. The number of nitrogens with two attached hydrogens (primary N) is 1. The van der Waals surface area contributed by atoms with Crippen molar-refractivity contribution in [3.05, 3.63) is 66.4 Å². The molecule has 0 saturated heterocycles. The van der Waals surface area contributed by atoms with Crippen molar-refractivity contribution in [3.63, 3.8) is 0 Å². The third-order valence-electron chi connectivity index (χ3n) is 3.35. The average Bonchev–Trinajstić information content (AvgIpc) is 2.53. The Hall–Kier alpha value is -2.88. The summed E-state index contributed by atoms with van der Waals surface area (Å²) in [5.74, 6) is 0.560. The van der Waals surface area contributed by atoms with E-state index < -0.39 is 0 Å². The molecule has 0 amide bonds. The zero-order valence-electron chi connectivity index (χ0n) is 11.7. The van der Waals surface area contributed by atoms with Crippen LogP contribution in [0.15, 0.2) is 60.8 Å².